The summed E-state index contributed by atoms with van der Waals surface area (Å²) in [6, 6.07) is 0. The monoisotopic (exact) mass is 377 g/mol. The maximum absolute atomic E-state index is 10.1. The molecule has 0 aromatic carbocycles. The molecular formula is C21H47NO4. The molecule has 0 heterocycles. The molecule has 0 aliphatic carbocycles. The average molecular weight is 378 g/mol. The second-order valence-electron chi connectivity index (χ2n) is 7.09. The highest BCUT2D eigenvalue weighted by atomic mass is 16.5. The Morgan fingerprint density at radius 2 is 1.42 bits per heavy atom. The highest BCUT2D eigenvalue weighted by Gasteiger charge is 2.20. The van der Waals surface area contributed by atoms with E-state index >= 15 is 0 Å². The van der Waals surface area contributed by atoms with Gasteiger partial charge in [-0.15, -0.1) is 0 Å². The third-order valence-corrected chi connectivity index (χ3v) is 3.09. The third kappa shape index (κ3) is 31.0. The number of aldehydes is 1. The van der Waals surface area contributed by atoms with Crippen molar-refractivity contribution in [3.63, 3.8) is 0 Å². The van der Waals surface area contributed by atoms with Crippen molar-refractivity contribution in [1.29, 1.82) is 0 Å². The lowest BCUT2D eigenvalue weighted by molar-refractivity contribution is -0.123. The molecule has 0 aliphatic rings. The first-order valence-corrected chi connectivity index (χ1v) is 9.83. The van der Waals surface area contributed by atoms with Crippen molar-refractivity contribution in [2.24, 2.45) is 10.8 Å². The minimum absolute atomic E-state index is 0.0135. The number of carbonyl (C=O) groups is 2. The fourth-order valence-corrected chi connectivity index (χ4v) is 1.49. The van der Waals surface area contributed by atoms with E-state index in [0.29, 0.717) is 11.7 Å². The summed E-state index contributed by atoms with van der Waals surface area (Å²) in [6.07, 6.45) is 1.78. The summed E-state index contributed by atoms with van der Waals surface area (Å²) in [4.78, 5) is 19.6. The van der Waals surface area contributed by atoms with Gasteiger partial charge in [-0.3, -0.25) is 4.79 Å². The molecule has 5 heteroatoms. The maximum Gasteiger partial charge on any atom is 0.155 e. The van der Waals surface area contributed by atoms with Crippen LogP contribution in [-0.4, -0.2) is 52.1 Å². The number of nitrogens with one attached hydrogen (secondary N) is 1. The van der Waals surface area contributed by atoms with E-state index in [1.165, 1.54) is 13.3 Å². The van der Waals surface area contributed by atoms with Crippen LogP contribution in [0.2, 0.25) is 0 Å². The van der Waals surface area contributed by atoms with Gasteiger partial charge < -0.3 is 19.6 Å². The summed E-state index contributed by atoms with van der Waals surface area (Å²) in [5, 5.41) is 3.19. The maximum atomic E-state index is 10.1. The van der Waals surface area contributed by atoms with Gasteiger partial charge in [0.15, 0.2) is 5.78 Å². The van der Waals surface area contributed by atoms with Crippen LogP contribution in [0.15, 0.2) is 0 Å². The molecule has 0 aromatic heterocycles. The van der Waals surface area contributed by atoms with Gasteiger partial charge in [-0.1, -0.05) is 62.3 Å². The number of hydrogen-bond acceptors (Lipinski definition) is 5. The number of ketones is 1. The summed E-state index contributed by atoms with van der Waals surface area (Å²) >= 11 is 0. The molecule has 26 heavy (non-hydrogen) atoms. The molecule has 5 nitrogen and oxygen atoms in total. The van der Waals surface area contributed by atoms with Crippen LogP contribution in [0.3, 0.4) is 0 Å². The van der Waals surface area contributed by atoms with E-state index in [1.807, 2.05) is 34.7 Å². The minimum atomic E-state index is -0.0631. The van der Waals surface area contributed by atoms with E-state index in [2.05, 4.69) is 44.7 Å². The highest BCUT2D eigenvalue weighted by molar-refractivity contribution is 5.76. The summed E-state index contributed by atoms with van der Waals surface area (Å²) in [5.74, 6) is -0.0631. The van der Waals surface area contributed by atoms with E-state index in [-0.39, 0.29) is 24.4 Å². The molecule has 0 bridgehead atoms. The van der Waals surface area contributed by atoms with Gasteiger partial charge in [-0.25, -0.2) is 0 Å². The molecule has 0 fully saturated rings. The van der Waals surface area contributed by atoms with E-state index < -0.39 is 0 Å². The number of hydrogen-bond donors (Lipinski definition) is 1. The molecule has 0 amide bonds. The van der Waals surface area contributed by atoms with Crippen molar-refractivity contribution in [2.75, 3.05) is 40.0 Å². The van der Waals surface area contributed by atoms with Crippen LogP contribution < -0.4 is 5.32 Å². The Morgan fingerprint density at radius 1 is 0.962 bits per heavy atom. The van der Waals surface area contributed by atoms with Crippen LogP contribution in [-0.2, 0) is 19.1 Å². The largest absolute Gasteiger partial charge is 0.380 e. The van der Waals surface area contributed by atoms with Gasteiger partial charge in [-0.2, -0.15) is 0 Å². The van der Waals surface area contributed by atoms with Crippen molar-refractivity contribution in [1.82, 2.24) is 5.32 Å². The third-order valence-electron chi connectivity index (χ3n) is 3.09. The van der Waals surface area contributed by atoms with Crippen molar-refractivity contribution < 1.29 is 19.1 Å². The highest BCUT2D eigenvalue weighted by Crippen LogP contribution is 2.21. The zero-order valence-corrected chi connectivity index (χ0v) is 19.5. The van der Waals surface area contributed by atoms with Gasteiger partial charge in [-0.05, 0) is 25.8 Å². The Balaban J connectivity index is -0.000000171. The van der Waals surface area contributed by atoms with Crippen LogP contribution in [0.1, 0.15) is 75.7 Å². The topological polar surface area (TPSA) is 64.6 Å². The van der Waals surface area contributed by atoms with Crippen molar-refractivity contribution in [3.8, 4) is 0 Å². The van der Waals surface area contributed by atoms with E-state index in [4.69, 9.17) is 4.74 Å². The van der Waals surface area contributed by atoms with Crippen LogP contribution in [0.25, 0.3) is 0 Å². The summed E-state index contributed by atoms with van der Waals surface area (Å²) in [5.41, 5.74) is 0.550. The predicted octanol–water partition coefficient (Wildman–Crippen LogP) is 4.53. The standard InChI is InChI=1S/C12H27NO.C5H8O3.2C2H6/c1-7-11(2,3)9-14-10-12(4,5)8-13-6;1-5(7)4-8-3-2-6;2*1-2/h13H,7-10H2,1-6H3;2H,3-4H2,1H3;2*1-2H3. The molecule has 0 rings (SSSR count). The van der Waals surface area contributed by atoms with Crippen LogP contribution in [0.4, 0.5) is 0 Å². The molecule has 0 radical (unpaired) electrons. The van der Waals surface area contributed by atoms with Crippen molar-refractivity contribution in [3.05, 3.63) is 0 Å². The van der Waals surface area contributed by atoms with Crippen LogP contribution >= 0.6 is 0 Å². The molecule has 0 aliphatic heterocycles. The zero-order chi connectivity index (χ0) is 21.6. The van der Waals surface area contributed by atoms with Gasteiger partial charge in [0.2, 0.25) is 0 Å². The van der Waals surface area contributed by atoms with E-state index in [1.54, 1.807) is 0 Å². The molecule has 0 spiro atoms. The Labute approximate surface area is 163 Å². The van der Waals surface area contributed by atoms with Gasteiger partial charge in [0.05, 0.1) is 13.2 Å². The lowest BCUT2D eigenvalue weighted by Gasteiger charge is -2.28. The first-order chi connectivity index (χ1) is 12.1. The molecule has 0 unspecified atom stereocenters. The number of carbonyl (C=O) groups excluding carboxylic acids is 2. The Kier molecular flexibility index (Phi) is 28.1. The first-order valence-electron chi connectivity index (χ1n) is 9.83. The minimum Gasteiger partial charge on any atom is -0.380 e. The van der Waals surface area contributed by atoms with E-state index in [0.717, 1.165) is 19.8 Å². The Bertz CT molecular complexity index is 302. The second-order valence-corrected chi connectivity index (χ2v) is 7.09. The fraction of sp³-hybridized carbons (Fsp3) is 0.905. The zero-order valence-electron chi connectivity index (χ0n) is 19.5. The summed E-state index contributed by atoms with van der Waals surface area (Å²) < 4.78 is 10.3. The summed E-state index contributed by atoms with van der Waals surface area (Å²) in [6.45, 7) is 23.3. The number of rotatable bonds is 11. The van der Waals surface area contributed by atoms with E-state index in [9.17, 15) is 9.59 Å². The number of ether oxygens (including phenoxy) is 2. The van der Waals surface area contributed by atoms with Crippen molar-refractivity contribution in [2.45, 2.75) is 75.7 Å². The van der Waals surface area contributed by atoms with Gasteiger partial charge >= 0.3 is 0 Å². The molecule has 0 saturated heterocycles. The van der Waals surface area contributed by atoms with Gasteiger partial charge in [0.25, 0.3) is 0 Å². The molecule has 0 aromatic rings. The predicted molar refractivity (Wildman–Crippen MR) is 113 cm³/mol. The molecule has 0 atom stereocenters. The quantitative estimate of drug-likeness (QED) is 0.423. The van der Waals surface area contributed by atoms with Crippen LogP contribution in [0.5, 0.6) is 0 Å². The summed E-state index contributed by atoms with van der Waals surface area (Å²) in [7, 11) is 1.98. The first kappa shape index (κ1) is 32.9. The van der Waals surface area contributed by atoms with Gasteiger partial charge in [0, 0.05) is 12.0 Å². The number of Topliss-reactive ketones (excluding diaryl/α,β-unsaturated/α-hetero) is 1. The lowest BCUT2D eigenvalue weighted by atomic mass is 9.91. The van der Waals surface area contributed by atoms with Gasteiger partial charge in [0.1, 0.15) is 19.5 Å². The SMILES string of the molecule is CC.CC.CC(=O)COCC=O.CCC(C)(C)COCC(C)(C)CNC. The Morgan fingerprint density at radius 3 is 1.77 bits per heavy atom. The second kappa shape index (κ2) is 22.3. The van der Waals surface area contributed by atoms with Crippen molar-refractivity contribution >= 4 is 12.1 Å². The lowest BCUT2D eigenvalue weighted by Crippen LogP contribution is -2.32. The molecular weight excluding hydrogens is 330 g/mol. The molecule has 0 saturated carbocycles. The average Bonchev–Trinajstić information content (AvgIpc) is 2.58. The molecule has 160 valence electrons. The molecule has 1 N–H and O–H groups in total. The van der Waals surface area contributed by atoms with Crippen LogP contribution in [0, 0.1) is 10.8 Å². The smallest absolute Gasteiger partial charge is 0.155 e. The fourth-order valence-electron chi connectivity index (χ4n) is 1.49. The Hall–Kier alpha value is -0.780. The normalized spacial score (nSPS) is 10.3.